The van der Waals surface area contributed by atoms with Crippen LogP contribution in [-0.4, -0.2) is 22.7 Å². The third-order valence-corrected chi connectivity index (χ3v) is 2.58. The number of aromatic nitrogens is 2. The van der Waals surface area contributed by atoms with E-state index in [1.807, 2.05) is 21.0 Å². The second-order valence-corrected chi connectivity index (χ2v) is 3.64. The predicted molar refractivity (Wildman–Crippen MR) is 54.3 cm³/mol. The summed E-state index contributed by atoms with van der Waals surface area (Å²) in [5.74, 6) is 1.77. The lowest BCUT2D eigenvalue weighted by Crippen LogP contribution is -2.28. The first kappa shape index (κ1) is 9.05. The lowest BCUT2D eigenvalue weighted by atomic mass is 9.98. The molecular formula is C9H14N4O. The lowest BCUT2D eigenvalue weighted by Gasteiger charge is -2.19. The average Bonchev–Trinajstić information content (AvgIpc) is 2.45. The van der Waals surface area contributed by atoms with E-state index >= 15 is 0 Å². The van der Waals surface area contributed by atoms with Crippen LogP contribution in [-0.2, 0) is 18.3 Å². The van der Waals surface area contributed by atoms with Gasteiger partial charge in [0.15, 0.2) is 5.82 Å². The van der Waals surface area contributed by atoms with Crippen molar-refractivity contribution in [3.8, 4) is 0 Å². The summed E-state index contributed by atoms with van der Waals surface area (Å²) >= 11 is 0. The highest BCUT2D eigenvalue weighted by Crippen LogP contribution is 2.30. The molecule has 1 aliphatic rings. The number of fused-ring (bicyclic) bond motifs is 1. The molecule has 2 N–H and O–H groups in total. The van der Waals surface area contributed by atoms with Gasteiger partial charge in [0.25, 0.3) is 0 Å². The first-order valence-corrected chi connectivity index (χ1v) is 4.68. The van der Waals surface area contributed by atoms with Crippen LogP contribution in [0.1, 0.15) is 12.5 Å². The largest absolute Gasteiger partial charge is 0.371 e. The fourth-order valence-electron chi connectivity index (χ4n) is 1.76. The van der Waals surface area contributed by atoms with Crippen molar-refractivity contribution in [3.63, 3.8) is 0 Å². The molecule has 0 fully saturated rings. The number of hydrogen-bond acceptors (Lipinski definition) is 3. The highest BCUT2D eigenvalue weighted by atomic mass is 16.2. The molecule has 76 valence electrons. The Morgan fingerprint density at radius 1 is 1.64 bits per heavy atom. The van der Waals surface area contributed by atoms with Crippen molar-refractivity contribution < 1.29 is 4.79 Å². The Hall–Kier alpha value is -1.52. The van der Waals surface area contributed by atoms with Gasteiger partial charge in [0.1, 0.15) is 5.82 Å². The molecule has 1 aromatic rings. The minimum absolute atomic E-state index is 0.0267. The van der Waals surface area contributed by atoms with Gasteiger partial charge in [-0.15, -0.1) is 0 Å². The SMILES string of the molecule is CNc1nn(C)c2c1CC(C)C(=O)N2. The van der Waals surface area contributed by atoms with Crippen molar-refractivity contribution in [2.75, 3.05) is 17.7 Å². The summed E-state index contributed by atoms with van der Waals surface area (Å²) in [5, 5.41) is 10.2. The van der Waals surface area contributed by atoms with Crippen LogP contribution in [0, 0.1) is 5.92 Å². The number of anilines is 2. The fourth-order valence-corrected chi connectivity index (χ4v) is 1.76. The molecule has 0 saturated heterocycles. The Balaban J connectivity index is 2.48. The van der Waals surface area contributed by atoms with E-state index < -0.39 is 0 Å². The average molecular weight is 194 g/mol. The third-order valence-electron chi connectivity index (χ3n) is 2.58. The molecule has 2 rings (SSSR count). The molecule has 5 nitrogen and oxygen atoms in total. The number of rotatable bonds is 1. The summed E-state index contributed by atoms with van der Waals surface area (Å²) in [6.45, 7) is 1.92. The maximum Gasteiger partial charge on any atom is 0.228 e. The van der Waals surface area contributed by atoms with Crippen molar-refractivity contribution >= 4 is 17.5 Å². The van der Waals surface area contributed by atoms with Crippen molar-refractivity contribution in [3.05, 3.63) is 5.56 Å². The van der Waals surface area contributed by atoms with Gasteiger partial charge in [0.05, 0.1) is 0 Å². The molecule has 5 heteroatoms. The van der Waals surface area contributed by atoms with Gasteiger partial charge < -0.3 is 10.6 Å². The number of aryl methyl sites for hydroxylation is 1. The van der Waals surface area contributed by atoms with Crippen molar-refractivity contribution in [1.82, 2.24) is 9.78 Å². The van der Waals surface area contributed by atoms with E-state index in [0.717, 1.165) is 23.6 Å². The van der Waals surface area contributed by atoms with E-state index in [0.29, 0.717) is 0 Å². The first-order valence-electron chi connectivity index (χ1n) is 4.68. The predicted octanol–water partition coefficient (Wildman–Crippen LogP) is 0.592. The van der Waals surface area contributed by atoms with Gasteiger partial charge >= 0.3 is 0 Å². The molecule has 0 bridgehead atoms. The molecule has 2 heterocycles. The molecule has 0 aliphatic carbocycles. The van der Waals surface area contributed by atoms with Crippen LogP contribution in [0.3, 0.4) is 0 Å². The second kappa shape index (κ2) is 3.01. The van der Waals surface area contributed by atoms with Gasteiger partial charge in [0.2, 0.25) is 5.91 Å². The summed E-state index contributed by atoms with van der Waals surface area (Å²) in [7, 11) is 3.67. The summed E-state index contributed by atoms with van der Waals surface area (Å²) < 4.78 is 1.70. The van der Waals surface area contributed by atoms with Gasteiger partial charge in [0, 0.05) is 25.6 Å². The van der Waals surface area contributed by atoms with Gasteiger partial charge in [-0.1, -0.05) is 6.92 Å². The summed E-state index contributed by atoms with van der Waals surface area (Å²) in [4.78, 5) is 11.4. The fraction of sp³-hybridized carbons (Fsp3) is 0.556. The van der Waals surface area contributed by atoms with E-state index in [2.05, 4.69) is 15.7 Å². The van der Waals surface area contributed by atoms with Crippen molar-refractivity contribution in [2.24, 2.45) is 13.0 Å². The number of nitrogens with one attached hydrogen (secondary N) is 2. The minimum Gasteiger partial charge on any atom is -0.371 e. The molecule has 0 saturated carbocycles. The Morgan fingerprint density at radius 3 is 3.00 bits per heavy atom. The zero-order valence-electron chi connectivity index (χ0n) is 8.59. The smallest absolute Gasteiger partial charge is 0.228 e. The van der Waals surface area contributed by atoms with Crippen molar-refractivity contribution in [2.45, 2.75) is 13.3 Å². The Kier molecular flexibility index (Phi) is 1.94. The second-order valence-electron chi connectivity index (χ2n) is 3.64. The van der Waals surface area contributed by atoms with Crippen LogP contribution in [0.25, 0.3) is 0 Å². The molecule has 1 atom stereocenters. The third kappa shape index (κ3) is 1.16. The van der Waals surface area contributed by atoms with E-state index in [1.54, 1.807) is 4.68 Å². The van der Waals surface area contributed by atoms with Gasteiger partial charge in [-0.2, -0.15) is 5.10 Å². The molecule has 1 aromatic heterocycles. The normalized spacial score (nSPS) is 20.2. The van der Waals surface area contributed by atoms with Crippen LogP contribution in [0.15, 0.2) is 0 Å². The molecule has 1 aliphatic heterocycles. The first-order chi connectivity index (χ1) is 6.63. The Labute approximate surface area is 82.5 Å². The topological polar surface area (TPSA) is 59.0 Å². The molecule has 0 aromatic carbocycles. The van der Waals surface area contributed by atoms with Crippen molar-refractivity contribution in [1.29, 1.82) is 0 Å². The molecule has 1 amide bonds. The highest BCUT2D eigenvalue weighted by molar-refractivity contribution is 5.95. The number of amides is 1. The van der Waals surface area contributed by atoms with E-state index in [9.17, 15) is 4.79 Å². The summed E-state index contributed by atoms with van der Waals surface area (Å²) in [5.41, 5.74) is 1.10. The van der Waals surface area contributed by atoms with Crippen LogP contribution < -0.4 is 10.6 Å². The number of hydrogen-bond donors (Lipinski definition) is 2. The summed E-state index contributed by atoms with van der Waals surface area (Å²) in [6.07, 6.45) is 0.755. The standard InChI is InChI=1S/C9H14N4O/c1-5-4-6-7(10-2)12-13(3)8(6)11-9(5)14/h5H,4H2,1-3H3,(H,10,12)(H,11,14). The molecule has 14 heavy (non-hydrogen) atoms. The maximum absolute atomic E-state index is 11.4. The van der Waals surface area contributed by atoms with Gasteiger partial charge in [-0.3, -0.25) is 9.48 Å². The van der Waals surface area contributed by atoms with E-state index in [1.165, 1.54) is 0 Å². The number of nitrogens with zero attached hydrogens (tertiary/aromatic N) is 2. The molecule has 1 unspecified atom stereocenters. The zero-order valence-corrected chi connectivity index (χ0v) is 8.59. The molecule has 0 radical (unpaired) electrons. The Bertz CT molecular complexity index is 382. The minimum atomic E-state index is 0.0267. The van der Waals surface area contributed by atoms with E-state index in [4.69, 9.17) is 0 Å². The highest BCUT2D eigenvalue weighted by Gasteiger charge is 2.27. The van der Waals surface area contributed by atoms with Crippen LogP contribution in [0.2, 0.25) is 0 Å². The summed E-state index contributed by atoms with van der Waals surface area (Å²) in [6, 6.07) is 0. The molecular weight excluding hydrogens is 180 g/mol. The van der Waals surface area contributed by atoms with E-state index in [-0.39, 0.29) is 11.8 Å². The zero-order chi connectivity index (χ0) is 10.3. The molecule has 0 spiro atoms. The number of carbonyl (C=O) groups is 1. The van der Waals surface area contributed by atoms with Crippen LogP contribution in [0.5, 0.6) is 0 Å². The monoisotopic (exact) mass is 194 g/mol. The number of carbonyl (C=O) groups excluding carboxylic acids is 1. The maximum atomic E-state index is 11.4. The Morgan fingerprint density at radius 2 is 2.36 bits per heavy atom. The van der Waals surface area contributed by atoms with Gasteiger partial charge in [-0.05, 0) is 6.42 Å². The quantitative estimate of drug-likeness (QED) is 0.688. The van der Waals surface area contributed by atoms with Crippen LogP contribution in [0.4, 0.5) is 11.6 Å². The van der Waals surface area contributed by atoms with Gasteiger partial charge in [-0.25, -0.2) is 0 Å². The van der Waals surface area contributed by atoms with Crippen LogP contribution >= 0.6 is 0 Å². The lowest BCUT2D eigenvalue weighted by molar-refractivity contribution is -0.119.